The summed E-state index contributed by atoms with van der Waals surface area (Å²) in [5, 5.41) is 10.6. The van der Waals surface area contributed by atoms with E-state index in [4.69, 9.17) is 0 Å². The summed E-state index contributed by atoms with van der Waals surface area (Å²) in [6.07, 6.45) is 10.9. The Balaban J connectivity index is 0.00000245. The molecular weight excluding hydrogens is 448 g/mol. The monoisotopic (exact) mass is 472 g/mol. The zero-order valence-corrected chi connectivity index (χ0v) is 19.1. The molecule has 2 amide bonds. The van der Waals surface area contributed by atoms with Crippen molar-refractivity contribution in [3.8, 4) is 0 Å². The number of carbonyl (C=O) groups excluding carboxylic acids is 2. The number of carbonyl (C=O) groups is 2. The number of likely N-dealkylation sites (tertiary alicyclic amines) is 1. The predicted molar refractivity (Wildman–Crippen MR) is 126 cm³/mol. The first-order valence-corrected chi connectivity index (χ1v) is 11.4. The van der Waals surface area contributed by atoms with E-state index < -0.39 is 0 Å². The highest BCUT2D eigenvalue weighted by atomic mass is 35.5. The van der Waals surface area contributed by atoms with Gasteiger partial charge < -0.3 is 10.2 Å². The molecule has 2 aliphatic rings. The highest BCUT2D eigenvalue weighted by molar-refractivity contribution is 8.04. The number of pyridine rings is 1. The van der Waals surface area contributed by atoms with E-state index in [1.807, 2.05) is 29.2 Å². The largest absolute Gasteiger partial charge is 0.352 e. The number of halogens is 1. The first kappa shape index (κ1) is 22.4. The van der Waals surface area contributed by atoms with E-state index in [1.54, 1.807) is 18.6 Å². The minimum absolute atomic E-state index is 0. The van der Waals surface area contributed by atoms with E-state index in [9.17, 15) is 9.59 Å². The number of aromatic amines is 1. The number of H-pyrrole nitrogens is 1. The average molecular weight is 473 g/mol. The lowest BCUT2D eigenvalue weighted by Gasteiger charge is -2.31. The number of hydrogen-bond donors (Lipinski definition) is 2. The molecule has 5 heterocycles. The van der Waals surface area contributed by atoms with Crippen LogP contribution in [0.4, 0.5) is 0 Å². The van der Waals surface area contributed by atoms with Crippen molar-refractivity contribution >= 4 is 47.7 Å². The molecule has 1 fully saturated rings. The van der Waals surface area contributed by atoms with Gasteiger partial charge in [0.2, 0.25) is 0 Å². The van der Waals surface area contributed by atoms with Gasteiger partial charge in [-0.05, 0) is 49.8 Å². The van der Waals surface area contributed by atoms with Crippen LogP contribution in [0.2, 0.25) is 0 Å². The van der Waals surface area contributed by atoms with Crippen LogP contribution in [0.25, 0.3) is 11.7 Å². The third kappa shape index (κ3) is 4.54. The van der Waals surface area contributed by atoms with Crippen LogP contribution in [-0.2, 0) is 4.79 Å². The van der Waals surface area contributed by atoms with Crippen LogP contribution in [-0.4, -0.2) is 55.9 Å². The molecule has 0 aliphatic carbocycles. The fourth-order valence-corrected chi connectivity index (χ4v) is 5.26. The normalized spacial score (nSPS) is 15.9. The summed E-state index contributed by atoms with van der Waals surface area (Å²) in [6, 6.07) is 5.93. The van der Waals surface area contributed by atoms with Crippen LogP contribution >= 0.6 is 24.2 Å². The first-order chi connectivity index (χ1) is 15.2. The number of nitrogens with one attached hydrogen (secondary N) is 2. The smallest absolute Gasteiger partial charge is 0.258 e. The molecule has 5 rings (SSSR count). The van der Waals surface area contributed by atoms with Gasteiger partial charge in [0.25, 0.3) is 11.8 Å². The predicted octanol–water partition coefficient (Wildman–Crippen LogP) is 3.37. The lowest BCUT2D eigenvalue weighted by atomic mass is 9.92. The molecular formula is C22H25ClN6O2S. The summed E-state index contributed by atoms with van der Waals surface area (Å²) in [6.45, 7) is 2.22. The van der Waals surface area contributed by atoms with Gasteiger partial charge in [0.1, 0.15) is 5.65 Å². The van der Waals surface area contributed by atoms with Crippen molar-refractivity contribution in [1.82, 2.24) is 29.8 Å². The molecule has 0 bridgehead atoms. The third-order valence-electron chi connectivity index (χ3n) is 5.96. The Bertz CT molecular complexity index is 1130. The molecule has 0 spiro atoms. The SMILES string of the molecule is Cl.O=C(NCCCC1CCN(C(=O)c2cn[nH]c2)CC1)C1=Cc2cnc3cccc(n23)S1. The molecule has 1 saturated heterocycles. The van der Waals surface area contributed by atoms with E-state index >= 15 is 0 Å². The summed E-state index contributed by atoms with van der Waals surface area (Å²) < 4.78 is 2.06. The van der Waals surface area contributed by atoms with E-state index in [1.165, 1.54) is 11.8 Å². The molecule has 0 atom stereocenters. The summed E-state index contributed by atoms with van der Waals surface area (Å²) in [4.78, 5) is 32.0. The van der Waals surface area contributed by atoms with Gasteiger partial charge in [-0.3, -0.25) is 19.1 Å². The van der Waals surface area contributed by atoms with Crippen molar-refractivity contribution in [2.75, 3.05) is 19.6 Å². The summed E-state index contributed by atoms with van der Waals surface area (Å²) >= 11 is 1.48. The second-order valence-corrected chi connectivity index (χ2v) is 9.03. The standard InChI is InChI=1S/C22H24N6O2S.ClH/c29-21(18-11-17-14-24-19-4-1-5-20(31-18)28(17)19)23-8-2-3-15-6-9-27(10-7-15)22(30)16-12-25-26-13-16;/h1,4-5,11-15H,2-3,6-10H2,(H,23,29)(H,25,26);1H. The lowest BCUT2D eigenvalue weighted by molar-refractivity contribution is -0.116. The number of amides is 2. The van der Waals surface area contributed by atoms with E-state index in [0.717, 1.165) is 55.1 Å². The fourth-order valence-electron chi connectivity index (χ4n) is 4.25. The van der Waals surface area contributed by atoms with Gasteiger partial charge in [-0.25, -0.2) is 4.98 Å². The molecule has 0 radical (unpaired) electrons. The Hall–Kier alpha value is -2.78. The van der Waals surface area contributed by atoms with Gasteiger partial charge in [-0.1, -0.05) is 17.8 Å². The highest BCUT2D eigenvalue weighted by Crippen LogP contribution is 2.34. The zero-order chi connectivity index (χ0) is 21.2. The van der Waals surface area contributed by atoms with Crippen LogP contribution < -0.4 is 5.32 Å². The number of piperidine rings is 1. The molecule has 8 nitrogen and oxygen atoms in total. The summed E-state index contributed by atoms with van der Waals surface area (Å²) in [5.74, 6) is 0.616. The average Bonchev–Trinajstić information content (AvgIpc) is 3.48. The van der Waals surface area contributed by atoms with Gasteiger partial charge in [-0.15, -0.1) is 12.4 Å². The molecule has 3 aromatic rings. The number of hydrogen-bond acceptors (Lipinski definition) is 5. The van der Waals surface area contributed by atoms with E-state index in [0.29, 0.717) is 22.9 Å². The van der Waals surface area contributed by atoms with Gasteiger partial charge in [0.15, 0.2) is 0 Å². The Kier molecular flexibility index (Phi) is 6.86. The van der Waals surface area contributed by atoms with Crippen LogP contribution in [0.15, 0.2) is 46.7 Å². The van der Waals surface area contributed by atoms with Crippen LogP contribution in [0.3, 0.4) is 0 Å². The van der Waals surface area contributed by atoms with Crippen molar-refractivity contribution in [1.29, 1.82) is 0 Å². The maximum absolute atomic E-state index is 12.6. The van der Waals surface area contributed by atoms with Gasteiger partial charge in [-0.2, -0.15) is 5.10 Å². The number of nitrogens with zero attached hydrogens (tertiary/aromatic N) is 4. The first-order valence-electron chi connectivity index (χ1n) is 10.6. The zero-order valence-electron chi connectivity index (χ0n) is 17.5. The summed E-state index contributed by atoms with van der Waals surface area (Å²) in [7, 11) is 0. The molecule has 168 valence electrons. The second kappa shape index (κ2) is 9.79. The topological polar surface area (TPSA) is 95.4 Å². The molecule has 10 heteroatoms. The maximum atomic E-state index is 12.6. The van der Waals surface area contributed by atoms with E-state index in [-0.39, 0.29) is 24.2 Å². The molecule has 2 N–H and O–H groups in total. The molecule has 0 unspecified atom stereocenters. The van der Waals surface area contributed by atoms with Gasteiger partial charge in [0, 0.05) is 25.8 Å². The van der Waals surface area contributed by atoms with E-state index in [2.05, 4.69) is 24.9 Å². The number of thioether (sulfide) groups is 1. The van der Waals surface area contributed by atoms with Gasteiger partial charge >= 0.3 is 0 Å². The van der Waals surface area contributed by atoms with Gasteiger partial charge in [0.05, 0.1) is 33.6 Å². The molecule has 3 aromatic heterocycles. The third-order valence-corrected chi connectivity index (χ3v) is 7.01. The Morgan fingerprint density at radius 3 is 2.84 bits per heavy atom. The molecule has 32 heavy (non-hydrogen) atoms. The number of rotatable bonds is 6. The minimum atomic E-state index is -0.0324. The quantitative estimate of drug-likeness (QED) is 0.536. The van der Waals surface area contributed by atoms with Crippen molar-refractivity contribution in [2.45, 2.75) is 30.7 Å². The minimum Gasteiger partial charge on any atom is -0.352 e. The van der Waals surface area contributed by atoms with Crippen molar-refractivity contribution in [2.24, 2.45) is 5.92 Å². The lowest BCUT2D eigenvalue weighted by Crippen LogP contribution is -2.38. The highest BCUT2D eigenvalue weighted by Gasteiger charge is 2.24. The second-order valence-electron chi connectivity index (χ2n) is 7.97. The van der Waals surface area contributed by atoms with Crippen molar-refractivity contribution < 1.29 is 9.59 Å². The Labute approximate surface area is 196 Å². The number of imidazole rings is 1. The Morgan fingerprint density at radius 1 is 1.22 bits per heavy atom. The summed E-state index contributed by atoms with van der Waals surface area (Å²) in [5.41, 5.74) is 2.45. The molecule has 2 aliphatic heterocycles. The fraction of sp³-hybridized carbons (Fsp3) is 0.364. The Morgan fingerprint density at radius 2 is 2.06 bits per heavy atom. The van der Waals surface area contributed by atoms with Crippen LogP contribution in [0, 0.1) is 5.92 Å². The van der Waals surface area contributed by atoms with Crippen molar-refractivity contribution in [3.05, 3.63) is 53.0 Å². The molecule has 0 aromatic carbocycles. The van der Waals surface area contributed by atoms with Crippen LogP contribution in [0.5, 0.6) is 0 Å². The van der Waals surface area contributed by atoms with Crippen LogP contribution in [0.1, 0.15) is 41.7 Å². The molecule has 0 saturated carbocycles. The van der Waals surface area contributed by atoms with Crippen molar-refractivity contribution in [3.63, 3.8) is 0 Å². The maximum Gasteiger partial charge on any atom is 0.258 e. The number of aromatic nitrogens is 4.